The van der Waals surface area contributed by atoms with Gasteiger partial charge in [-0.1, -0.05) is 18.6 Å². The van der Waals surface area contributed by atoms with E-state index in [2.05, 4.69) is 44.3 Å². The van der Waals surface area contributed by atoms with Crippen LogP contribution in [0.3, 0.4) is 0 Å². The summed E-state index contributed by atoms with van der Waals surface area (Å²) in [6.45, 7) is 7.41. The number of nitrogens with one attached hydrogen (secondary N) is 1. The largest absolute Gasteiger partial charge is 0.491 e. The van der Waals surface area contributed by atoms with Crippen LogP contribution in [-0.2, 0) is 0 Å². The number of hydrogen-bond donors (Lipinski definition) is 1. The average molecular weight is 233 g/mol. The van der Waals surface area contributed by atoms with E-state index in [-0.39, 0.29) is 6.10 Å². The van der Waals surface area contributed by atoms with E-state index < -0.39 is 0 Å². The summed E-state index contributed by atoms with van der Waals surface area (Å²) in [6.07, 6.45) is 4.14. The van der Waals surface area contributed by atoms with E-state index in [0.717, 1.165) is 12.3 Å². The molecule has 1 aromatic rings. The summed E-state index contributed by atoms with van der Waals surface area (Å²) >= 11 is 0. The molecule has 1 aromatic carbocycles. The van der Waals surface area contributed by atoms with E-state index in [4.69, 9.17) is 4.74 Å². The third-order valence-corrected chi connectivity index (χ3v) is 3.27. The Labute approximate surface area is 104 Å². The Bertz CT molecular complexity index is 367. The first kappa shape index (κ1) is 12.4. The predicted molar refractivity (Wildman–Crippen MR) is 71.5 cm³/mol. The SMILES string of the molecule is Cc1cc(C2CCCCN2)ccc1OC(C)C. The zero-order valence-corrected chi connectivity index (χ0v) is 11.1. The molecule has 0 aromatic heterocycles. The highest BCUT2D eigenvalue weighted by Gasteiger charge is 2.15. The van der Waals surface area contributed by atoms with E-state index in [9.17, 15) is 0 Å². The normalized spacial score (nSPS) is 20.6. The van der Waals surface area contributed by atoms with Crippen LogP contribution in [0, 0.1) is 6.92 Å². The van der Waals surface area contributed by atoms with Crippen molar-refractivity contribution in [1.82, 2.24) is 5.32 Å². The van der Waals surface area contributed by atoms with Crippen molar-refractivity contribution < 1.29 is 4.74 Å². The molecule has 1 aliphatic rings. The van der Waals surface area contributed by atoms with Crippen LogP contribution in [0.5, 0.6) is 5.75 Å². The summed E-state index contributed by atoms with van der Waals surface area (Å²) in [5.41, 5.74) is 2.64. The first-order valence-electron chi connectivity index (χ1n) is 6.67. The zero-order valence-electron chi connectivity index (χ0n) is 11.1. The minimum absolute atomic E-state index is 0.243. The smallest absolute Gasteiger partial charge is 0.122 e. The molecule has 0 bridgehead atoms. The Morgan fingerprint density at radius 2 is 2.12 bits per heavy atom. The van der Waals surface area contributed by atoms with Gasteiger partial charge in [0.2, 0.25) is 0 Å². The van der Waals surface area contributed by atoms with Gasteiger partial charge in [-0.3, -0.25) is 0 Å². The van der Waals surface area contributed by atoms with Crippen molar-refractivity contribution in [2.24, 2.45) is 0 Å². The predicted octanol–water partition coefficient (Wildman–Crippen LogP) is 3.60. The highest BCUT2D eigenvalue weighted by Crippen LogP contribution is 2.27. The Kier molecular flexibility index (Phi) is 4.06. The quantitative estimate of drug-likeness (QED) is 0.861. The van der Waals surface area contributed by atoms with Gasteiger partial charge in [0, 0.05) is 6.04 Å². The van der Waals surface area contributed by atoms with Gasteiger partial charge in [0.25, 0.3) is 0 Å². The number of aryl methyl sites for hydroxylation is 1. The van der Waals surface area contributed by atoms with Crippen LogP contribution in [0.1, 0.15) is 50.3 Å². The molecule has 17 heavy (non-hydrogen) atoms. The summed E-state index contributed by atoms with van der Waals surface area (Å²) < 4.78 is 5.77. The van der Waals surface area contributed by atoms with Gasteiger partial charge >= 0.3 is 0 Å². The van der Waals surface area contributed by atoms with Crippen LogP contribution >= 0.6 is 0 Å². The van der Waals surface area contributed by atoms with Crippen molar-refractivity contribution >= 4 is 0 Å². The van der Waals surface area contributed by atoms with Gasteiger partial charge < -0.3 is 10.1 Å². The molecular formula is C15H23NO. The van der Waals surface area contributed by atoms with E-state index in [0.29, 0.717) is 6.04 Å². The lowest BCUT2D eigenvalue weighted by Crippen LogP contribution is -2.26. The fourth-order valence-electron chi connectivity index (χ4n) is 2.41. The highest BCUT2D eigenvalue weighted by molar-refractivity contribution is 5.37. The van der Waals surface area contributed by atoms with Crippen LogP contribution < -0.4 is 10.1 Å². The van der Waals surface area contributed by atoms with Gasteiger partial charge in [-0.05, 0) is 57.4 Å². The van der Waals surface area contributed by atoms with E-state index in [1.54, 1.807) is 0 Å². The molecule has 2 rings (SSSR count). The fraction of sp³-hybridized carbons (Fsp3) is 0.600. The second kappa shape index (κ2) is 5.54. The van der Waals surface area contributed by atoms with E-state index >= 15 is 0 Å². The molecule has 1 atom stereocenters. The zero-order chi connectivity index (χ0) is 12.3. The van der Waals surface area contributed by atoms with Crippen LogP contribution in [-0.4, -0.2) is 12.6 Å². The van der Waals surface area contributed by atoms with Gasteiger partial charge in [0.1, 0.15) is 5.75 Å². The molecule has 0 spiro atoms. The van der Waals surface area contributed by atoms with Gasteiger partial charge in [-0.2, -0.15) is 0 Å². The Hall–Kier alpha value is -1.02. The molecular weight excluding hydrogens is 210 g/mol. The second-order valence-electron chi connectivity index (χ2n) is 5.19. The maximum absolute atomic E-state index is 5.77. The standard InChI is InChI=1S/C15H23NO/c1-11(2)17-15-8-7-13(10-12(15)3)14-6-4-5-9-16-14/h7-8,10-11,14,16H,4-6,9H2,1-3H3. The lowest BCUT2D eigenvalue weighted by Gasteiger charge is -2.24. The Balaban J connectivity index is 2.12. The van der Waals surface area contributed by atoms with Gasteiger partial charge in [-0.25, -0.2) is 0 Å². The van der Waals surface area contributed by atoms with Crippen molar-refractivity contribution in [3.8, 4) is 5.75 Å². The average Bonchev–Trinajstić information content (AvgIpc) is 2.32. The number of piperidine rings is 1. The number of ether oxygens (including phenoxy) is 1. The Morgan fingerprint density at radius 3 is 2.71 bits per heavy atom. The van der Waals surface area contributed by atoms with Crippen LogP contribution in [0.15, 0.2) is 18.2 Å². The lowest BCUT2D eigenvalue weighted by molar-refractivity contribution is 0.240. The van der Waals surface area contributed by atoms with E-state index in [1.165, 1.54) is 30.4 Å². The molecule has 94 valence electrons. The van der Waals surface area contributed by atoms with Crippen LogP contribution in [0.25, 0.3) is 0 Å². The molecule has 2 nitrogen and oxygen atoms in total. The summed E-state index contributed by atoms with van der Waals surface area (Å²) in [7, 11) is 0. The second-order valence-corrected chi connectivity index (χ2v) is 5.19. The maximum atomic E-state index is 5.77. The first-order valence-corrected chi connectivity index (χ1v) is 6.67. The molecule has 1 aliphatic heterocycles. The van der Waals surface area contributed by atoms with Crippen molar-refractivity contribution in [2.75, 3.05) is 6.54 Å². The molecule has 0 saturated carbocycles. The summed E-state index contributed by atoms with van der Waals surface area (Å²) in [5.74, 6) is 1.01. The van der Waals surface area contributed by atoms with E-state index in [1.807, 2.05) is 0 Å². The van der Waals surface area contributed by atoms with Crippen molar-refractivity contribution in [2.45, 2.75) is 52.2 Å². The lowest BCUT2D eigenvalue weighted by atomic mass is 9.96. The summed E-state index contributed by atoms with van der Waals surface area (Å²) in [6, 6.07) is 7.12. The van der Waals surface area contributed by atoms with Crippen molar-refractivity contribution in [1.29, 1.82) is 0 Å². The molecule has 0 radical (unpaired) electrons. The van der Waals surface area contributed by atoms with Crippen LogP contribution in [0.4, 0.5) is 0 Å². The maximum Gasteiger partial charge on any atom is 0.122 e. The van der Waals surface area contributed by atoms with Gasteiger partial charge in [0.15, 0.2) is 0 Å². The van der Waals surface area contributed by atoms with Crippen LogP contribution in [0.2, 0.25) is 0 Å². The monoisotopic (exact) mass is 233 g/mol. The Morgan fingerprint density at radius 1 is 1.29 bits per heavy atom. The molecule has 1 heterocycles. The minimum Gasteiger partial charge on any atom is -0.491 e. The van der Waals surface area contributed by atoms with Crippen molar-refractivity contribution in [3.63, 3.8) is 0 Å². The van der Waals surface area contributed by atoms with Gasteiger partial charge in [-0.15, -0.1) is 0 Å². The molecule has 1 fully saturated rings. The number of hydrogen-bond acceptors (Lipinski definition) is 2. The molecule has 1 unspecified atom stereocenters. The summed E-state index contributed by atoms with van der Waals surface area (Å²) in [4.78, 5) is 0. The summed E-state index contributed by atoms with van der Waals surface area (Å²) in [5, 5.41) is 3.58. The molecule has 0 amide bonds. The molecule has 1 saturated heterocycles. The minimum atomic E-state index is 0.243. The third-order valence-electron chi connectivity index (χ3n) is 3.27. The molecule has 1 N–H and O–H groups in total. The number of benzene rings is 1. The van der Waals surface area contributed by atoms with Crippen molar-refractivity contribution in [3.05, 3.63) is 29.3 Å². The third kappa shape index (κ3) is 3.22. The fourth-order valence-corrected chi connectivity index (χ4v) is 2.41. The first-order chi connectivity index (χ1) is 8.16. The topological polar surface area (TPSA) is 21.3 Å². The molecule has 0 aliphatic carbocycles. The van der Waals surface area contributed by atoms with Gasteiger partial charge in [0.05, 0.1) is 6.10 Å². The molecule has 2 heteroatoms. The number of rotatable bonds is 3. The highest BCUT2D eigenvalue weighted by atomic mass is 16.5.